The number of nitrogens with one attached hydrogen (secondary N) is 2. The summed E-state index contributed by atoms with van der Waals surface area (Å²) in [6.07, 6.45) is 4.61. The number of nitrogens with zero attached hydrogens (tertiary/aromatic N) is 5. The summed E-state index contributed by atoms with van der Waals surface area (Å²) in [5, 5.41) is 12.5. The first kappa shape index (κ1) is 13.6. The van der Waals surface area contributed by atoms with E-state index < -0.39 is 0 Å². The zero-order chi connectivity index (χ0) is 15.4. The third-order valence-electron chi connectivity index (χ3n) is 2.83. The molecule has 0 aliphatic rings. The highest BCUT2D eigenvalue weighted by Gasteiger charge is 2.07. The van der Waals surface area contributed by atoms with Crippen LogP contribution < -0.4 is 10.9 Å². The monoisotopic (exact) mass is 297 g/mol. The highest BCUT2D eigenvalue weighted by Crippen LogP contribution is 2.04. The Labute approximate surface area is 124 Å². The van der Waals surface area contributed by atoms with Crippen molar-refractivity contribution in [2.45, 2.75) is 6.54 Å². The molecule has 110 valence electrons. The molecule has 9 heteroatoms. The van der Waals surface area contributed by atoms with Gasteiger partial charge in [0.2, 0.25) is 0 Å². The van der Waals surface area contributed by atoms with E-state index in [1.807, 2.05) is 6.07 Å². The fourth-order valence-corrected chi connectivity index (χ4v) is 1.73. The summed E-state index contributed by atoms with van der Waals surface area (Å²) in [6.45, 7) is 0.296. The third kappa shape index (κ3) is 3.03. The van der Waals surface area contributed by atoms with Crippen LogP contribution in [-0.2, 0) is 6.54 Å². The number of hydrogen-bond donors (Lipinski definition) is 2. The second kappa shape index (κ2) is 5.95. The molecule has 0 radical (unpaired) electrons. The number of rotatable bonds is 4. The molecule has 0 atom stereocenters. The molecule has 0 bridgehead atoms. The van der Waals surface area contributed by atoms with Crippen LogP contribution in [0.3, 0.4) is 0 Å². The first-order chi connectivity index (χ1) is 10.7. The van der Waals surface area contributed by atoms with Crippen LogP contribution in [0, 0.1) is 0 Å². The molecule has 0 aliphatic carbocycles. The maximum atomic E-state index is 11.8. The molecule has 0 saturated heterocycles. The molecule has 0 unspecified atom stereocenters. The van der Waals surface area contributed by atoms with Gasteiger partial charge in [-0.3, -0.25) is 9.59 Å². The second-order valence-electron chi connectivity index (χ2n) is 4.35. The largest absolute Gasteiger partial charge is 0.347 e. The minimum atomic E-state index is -0.378. The number of aromatic amines is 1. The number of carbonyl (C=O) groups is 1. The molecule has 3 aromatic rings. The van der Waals surface area contributed by atoms with Gasteiger partial charge < -0.3 is 5.32 Å². The van der Waals surface area contributed by atoms with Crippen LogP contribution in [-0.4, -0.2) is 35.9 Å². The van der Waals surface area contributed by atoms with Crippen LogP contribution in [0.15, 0.2) is 47.9 Å². The molecule has 3 heterocycles. The molecule has 3 aromatic heterocycles. The summed E-state index contributed by atoms with van der Waals surface area (Å²) >= 11 is 0. The lowest BCUT2D eigenvalue weighted by molar-refractivity contribution is 0.0945. The number of carbonyl (C=O) groups excluding carboxylic acids is 1. The van der Waals surface area contributed by atoms with Gasteiger partial charge in [0, 0.05) is 18.8 Å². The summed E-state index contributed by atoms with van der Waals surface area (Å²) in [6, 6.07) is 6.20. The minimum Gasteiger partial charge on any atom is -0.347 e. The Morgan fingerprint density at radius 3 is 2.82 bits per heavy atom. The molecule has 0 aromatic carbocycles. The van der Waals surface area contributed by atoms with Gasteiger partial charge in [-0.25, -0.2) is 19.7 Å². The zero-order valence-corrected chi connectivity index (χ0v) is 11.3. The van der Waals surface area contributed by atoms with Crippen molar-refractivity contribution in [1.82, 2.24) is 35.3 Å². The summed E-state index contributed by atoms with van der Waals surface area (Å²) in [5.74, 6) is 0.256. The molecule has 3 rings (SSSR count). The van der Waals surface area contributed by atoms with Crippen LogP contribution in [0.5, 0.6) is 0 Å². The Morgan fingerprint density at radius 2 is 2.18 bits per heavy atom. The lowest BCUT2D eigenvalue weighted by atomic mass is 10.2. The van der Waals surface area contributed by atoms with Crippen LogP contribution in [0.2, 0.25) is 0 Å². The van der Waals surface area contributed by atoms with E-state index >= 15 is 0 Å². The fraction of sp³-hybridized carbons (Fsp3) is 0.0769. The van der Waals surface area contributed by atoms with Gasteiger partial charge in [0.1, 0.15) is 18.3 Å². The number of hydrogen-bond acceptors (Lipinski definition) is 6. The number of H-pyrrole nitrogens is 1. The van der Waals surface area contributed by atoms with E-state index in [1.54, 1.807) is 18.6 Å². The van der Waals surface area contributed by atoms with Crippen molar-refractivity contribution >= 4 is 5.91 Å². The van der Waals surface area contributed by atoms with Crippen molar-refractivity contribution < 1.29 is 4.79 Å². The smallest absolute Gasteiger partial charge is 0.271 e. The van der Waals surface area contributed by atoms with E-state index in [-0.39, 0.29) is 17.2 Å². The quantitative estimate of drug-likeness (QED) is 0.681. The number of amides is 1. The van der Waals surface area contributed by atoms with Gasteiger partial charge >= 0.3 is 0 Å². The summed E-state index contributed by atoms with van der Waals surface area (Å²) in [4.78, 5) is 30.8. The maximum absolute atomic E-state index is 11.8. The van der Waals surface area contributed by atoms with E-state index in [0.29, 0.717) is 12.4 Å². The first-order valence-corrected chi connectivity index (χ1v) is 6.36. The van der Waals surface area contributed by atoms with Crippen LogP contribution >= 0.6 is 0 Å². The Bertz CT molecular complexity index is 804. The third-order valence-corrected chi connectivity index (χ3v) is 2.83. The predicted molar refractivity (Wildman–Crippen MR) is 75.2 cm³/mol. The maximum Gasteiger partial charge on any atom is 0.271 e. The number of aromatic nitrogens is 6. The van der Waals surface area contributed by atoms with Crippen molar-refractivity contribution in [3.63, 3.8) is 0 Å². The highest BCUT2D eigenvalue weighted by molar-refractivity contribution is 5.91. The van der Waals surface area contributed by atoms with Crippen molar-refractivity contribution in [3.8, 4) is 5.82 Å². The molecule has 1 amide bonds. The van der Waals surface area contributed by atoms with E-state index in [2.05, 4.69) is 30.6 Å². The number of pyridine rings is 1. The Kier molecular flexibility index (Phi) is 3.69. The molecular weight excluding hydrogens is 286 g/mol. The Hall–Kier alpha value is -3.36. The standard InChI is InChI=1S/C13H11N7O2/c21-12-4-2-10(18-19-12)13(22)16-6-9-1-3-11(15-5-9)20-8-14-7-17-20/h1-5,7-8H,6H2,(H,16,22)(H,19,21). The lowest BCUT2D eigenvalue weighted by Crippen LogP contribution is -2.25. The van der Waals surface area contributed by atoms with Gasteiger partial charge in [-0.2, -0.15) is 10.2 Å². The zero-order valence-electron chi connectivity index (χ0n) is 11.3. The van der Waals surface area contributed by atoms with Gasteiger partial charge in [0.15, 0.2) is 5.82 Å². The van der Waals surface area contributed by atoms with Crippen molar-refractivity contribution in [2.24, 2.45) is 0 Å². The topological polar surface area (TPSA) is 118 Å². The molecule has 0 aliphatic heterocycles. The van der Waals surface area contributed by atoms with Gasteiger partial charge in [0.25, 0.3) is 11.5 Å². The van der Waals surface area contributed by atoms with Gasteiger partial charge in [-0.15, -0.1) is 0 Å². The molecule has 0 fully saturated rings. The summed E-state index contributed by atoms with van der Waals surface area (Å²) in [7, 11) is 0. The highest BCUT2D eigenvalue weighted by atomic mass is 16.2. The van der Waals surface area contributed by atoms with Gasteiger partial charge in [0.05, 0.1) is 0 Å². The molecule has 0 spiro atoms. The fourth-order valence-electron chi connectivity index (χ4n) is 1.73. The van der Waals surface area contributed by atoms with Crippen LogP contribution in [0.25, 0.3) is 5.82 Å². The molecule has 2 N–H and O–H groups in total. The van der Waals surface area contributed by atoms with Crippen molar-refractivity contribution in [3.05, 3.63) is 64.7 Å². The van der Waals surface area contributed by atoms with Crippen molar-refractivity contribution in [1.29, 1.82) is 0 Å². The average Bonchev–Trinajstić information content (AvgIpc) is 3.08. The summed E-state index contributed by atoms with van der Waals surface area (Å²) < 4.78 is 1.53. The molecule has 9 nitrogen and oxygen atoms in total. The average molecular weight is 297 g/mol. The van der Waals surface area contributed by atoms with Crippen LogP contribution in [0.1, 0.15) is 16.1 Å². The predicted octanol–water partition coefficient (Wildman–Crippen LogP) is -0.324. The second-order valence-corrected chi connectivity index (χ2v) is 4.35. The minimum absolute atomic E-state index is 0.145. The van der Waals surface area contributed by atoms with E-state index in [0.717, 1.165) is 5.56 Å². The van der Waals surface area contributed by atoms with E-state index in [9.17, 15) is 9.59 Å². The lowest BCUT2D eigenvalue weighted by Gasteiger charge is -2.05. The van der Waals surface area contributed by atoms with Gasteiger partial charge in [-0.05, 0) is 17.7 Å². The van der Waals surface area contributed by atoms with Crippen molar-refractivity contribution in [2.75, 3.05) is 0 Å². The molecule has 0 saturated carbocycles. The first-order valence-electron chi connectivity index (χ1n) is 6.36. The molecular formula is C13H11N7O2. The normalized spacial score (nSPS) is 10.4. The van der Waals surface area contributed by atoms with E-state index in [1.165, 1.54) is 23.1 Å². The van der Waals surface area contributed by atoms with Crippen LogP contribution in [0.4, 0.5) is 0 Å². The van der Waals surface area contributed by atoms with Gasteiger partial charge in [-0.1, -0.05) is 6.07 Å². The Balaban J connectivity index is 1.63. The summed E-state index contributed by atoms with van der Waals surface area (Å²) in [5.41, 5.74) is 0.609. The van der Waals surface area contributed by atoms with E-state index in [4.69, 9.17) is 0 Å². The SMILES string of the molecule is O=C(NCc1ccc(-n2cncn2)nc1)c1ccc(=O)[nH]n1. The molecule has 22 heavy (non-hydrogen) atoms. The Morgan fingerprint density at radius 1 is 1.27 bits per heavy atom.